The maximum atomic E-state index is 6.22. The molecule has 0 aromatic heterocycles. The van der Waals surface area contributed by atoms with E-state index >= 15 is 0 Å². The first-order valence-electron chi connectivity index (χ1n) is 9.72. The Hall–Kier alpha value is -0.900. The van der Waals surface area contributed by atoms with Gasteiger partial charge in [-0.15, -0.1) is 0 Å². The minimum atomic E-state index is -0.172. The molecule has 3 nitrogen and oxygen atoms in total. The van der Waals surface area contributed by atoms with Gasteiger partial charge in [-0.3, -0.25) is 4.90 Å². The first-order chi connectivity index (χ1) is 11.6. The summed E-state index contributed by atoms with van der Waals surface area (Å²) in [5, 5.41) is 0. The van der Waals surface area contributed by atoms with Crippen LogP contribution in [-0.4, -0.2) is 49.0 Å². The van der Waals surface area contributed by atoms with Gasteiger partial charge in [0.2, 0.25) is 0 Å². The van der Waals surface area contributed by atoms with Crippen LogP contribution in [0.15, 0.2) is 24.3 Å². The van der Waals surface area contributed by atoms with Gasteiger partial charge in [0.05, 0.1) is 17.8 Å². The highest BCUT2D eigenvalue weighted by Gasteiger charge is 2.32. The lowest BCUT2D eigenvalue weighted by Gasteiger charge is -2.41. The molecule has 0 bridgehead atoms. The number of hydrogen-bond acceptors (Lipinski definition) is 3. The van der Waals surface area contributed by atoms with E-state index in [1.54, 1.807) is 0 Å². The summed E-state index contributed by atoms with van der Waals surface area (Å²) < 4.78 is 12.1. The van der Waals surface area contributed by atoms with E-state index in [1.807, 2.05) is 0 Å². The molecule has 1 aliphatic heterocycles. The van der Waals surface area contributed by atoms with Gasteiger partial charge in [0.25, 0.3) is 0 Å². The Bertz CT molecular complexity index is 524. The molecule has 1 fully saturated rings. The molecule has 0 amide bonds. The van der Waals surface area contributed by atoms with Gasteiger partial charge in [-0.25, -0.2) is 0 Å². The molecule has 0 aliphatic carbocycles. The Labute approximate surface area is 154 Å². The highest BCUT2D eigenvalue weighted by molar-refractivity contribution is 5.28. The van der Waals surface area contributed by atoms with Gasteiger partial charge in [-0.1, -0.05) is 45.0 Å². The third-order valence-corrected chi connectivity index (χ3v) is 4.94. The third-order valence-electron chi connectivity index (χ3n) is 4.94. The third kappa shape index (κ3) is 6.09. The molecule has 1 aromatic rings. The van der Waals surface area contributed by atoms with E-state index in [9.17, 15) is 0 Å². The van der Waals surface area contributed by atoms with Crippen LogP contribution >= 0.6 is 0 Å². The minimum Gasteiger partial charge on any atom is -0.374 e. The van der Waals surface area contributed by atoms with Crippen molar-refractivity contribution >= 4 is 0 Å². The number of nitrogens with zero attached hydrogens (tertiary/aromatic N) is 1. The zero-order chi connectivity index (χ0) is 18.7. The Balaban J connectivity index is 2.08. The maximum absolute atomic E-state index is 6.22. The van der Waals surface area contributed by atoms with E-state index < -0.39 is 0 Å². The van der Waals surface area contributed by atoms with Gasteiger partial charge in [0.15, 0.2) is 0 Å². The van der Waals surface area contributed by atoms with Crippen molar-refractivity contribution < 1.29 is 9.47 Å². The van der Waals surface area contributed by atoms with E-state index in [4.69, 9.17) is 9.47 Å². The molecule has 0 saturated carbocycles. The highest BCUT2D eigenvalue weighted by Crippen LogP contribution is 2.25. The van der Waals surface area contributed by atoms with Crippen LogP contribution in [0.5, 0.6) is 0 Å². The van der Waals surface area contributed by atoms with Crippen molar-refractivity contribution in [3.8, 4) is 0 Å². The van der Waals surface area contributed by atoms with Gasteiger partial charge in [-0.05, 0) is 44.2 Å². The molecule has 1 unspecified atom stereocenters. The van der Waals surface area contributed by atoms with E-state index in [0.717, 1.165) is 32.7 Å². The van der Waals surface area contributed by atoms with Gasteiger partial charge >= 0.3 is 0 Å². The number of morpholine rings is 1. The average molecular weight is 348 g/mol. The molecule has 2 rings (SSSR count). The highest BCUT2D eigenvalue weighted by atomic mass is 16.5. The fraction of sp³-hybridized carbons (Fsp3) is 0.727. The van der Waals surface area contributed by atoms with Crippen LogP contribution in [0, 0.1) is 0 Å². The van der Waals surface area contributed by atoms with Crippen molar-refractivity contribution in [2.45, 2.75) is 78.1 Å². The number of ether oxygens (including phenoxy) is 2. The molecular formula is C22H37NO2. The standard InChI is InChI=1S/C22H37NO2/c1-8-24-22(7,16-23-14-17(2)25-18(3)15-23)13-19-9-11-20(12-10-19)21(4,5)6/h9-12,17-18H,8,13-16H2,1-7H3/t17-,18+,22?. The Kier molecular flexibility index (Phi) is 6.69. The van der Waals surface area contributed by atoms with E-state index in [0.29, 0.717) is 12.2 Å². The predicted molar refractivity (Wildman–Crippen MR) is 105 cm³/mol. The zero-order valence-electron chi connectivity index (χ0n) is 17.3. The Morgan fingerprint density at radius 2 is 1.60 bits per heavy atom. The lowest BCUT2D eigenvalue weighted by atomic mass is 9.85. The van der Waals surface area contributed by atoms with Gasteiger partial charge in [0, 0.05) is 32.7 Å². The summed E-state index contributed by atoms with van der Waals surface area (Å²) in [5.74, 6) is 0. The average Bonchev–Trinajstić information content (AvgIpc) is 2.45. The molecule has 3 atom stereocenters. The second-order valence-electron chi connectivity index (χ2n) is 8.96. The molecule has 25 heavy (non-hydrogen) atoms. The molecular weight excluding hydrogens is 310 g/mol. The van der Waals surface area contributed by atoms with Gasteiger partial charge in [-0.2, -0.15) is 0 Å². The molecule has 0 N–H and O–H groups in total. The molecule has 0 spiro atoms. The summed E-state index contributed by atoms with van der Waals surface area (Å²) in [6.45, 7) is 19.1. The van der Waals surface area contributed by atoms with Crippen molar-refractivity contribution in [3.05, 3.63) is 35.4 Å². The predicted octanol–water partition coefficient (Wildman–Crippen LogP) is 4.43. The summed E-state index contributed by atoms with van der Waals surface area (Å²) in [7, 11) is 0. The largest absolute Gasteiger partial charge is 0.374 e. The lowest BCUT2D eigenvalue weighted by Crippen LogP contribution is -2.52. The molecule has 0 radical (unpaired) electrons. The first kappa shape index (κ1) is 20.4. The summed E-state index contributed by atoms with van der Waals surface area (Å²) >= 11 is 0. The van der Waals surface area contributed by atoms with Crippen LogP contribution in [0.25, 0.3) is 0 Å². The van der Waals surface area contributed by atoms with Crippen molar-refractivity contribution in [2.24, 2.45) is 0 Å². The summed E-state index contributed by atoms with van der Waals surface area (Å²) in [4.78, 5) is 2.50. The second kappa shape index (κ2) is 8.20. The quantitative estimate of drug-likeness (QED) is 0.760. The van der Waals surface area contributed by atoms with E-state index in [1.165, 1.54) is 11.1 Å². The fourth-order valence-corrected chi connectivity index (χ4v) is 3.94. The smallest absolute Gasteiger partial charge is 0.0820 e. The minimum absolute atomic E-state index is 0.172. The van der Waals surface area contributed by atoms with Crippen LogP contribution in [-0.2, 0) is 21.3 Å². The van der Waals surface area contributed by atoms with E-state index in [-0.39, 0.29) is 11.0 Å². The molecule has 1 aromatic carbocycles. The SMILES string of the molecule is CCOC(C)(Cc1ccc(C(C)(C)C)cc1)CN1C[C@@H](C)O[C@@H](C)C1. The molecule has 3 heteroatoms. The van der Waals surface area contributed by atoms with Crippen molar-refractivity contribution in [3.63, 3.8) is 0 Å². The lowest BCUT2D eigenvalue weighted by molar-refractivity contribution is -0.103. The molecule has 1 aliphatic rings. The zero-order valence-corrected chi connectivity index (χ0v) is 17.3. The number of benzene rings is 1. The van der Waals surface area contributed by atoms with Crippen LogP contribution in [0.3, 0.4) is 0 Å². The summed E-state index contributed by atoms with van der Waals surface area (Å²) in [6.07, 6.45) is 1.52. The molecule has 142 valence electrons. The molecule has 1 saturated heterocycles. The summed E-state index contributed by atoms with van der Waals surface area (Å²) in [6, 6.07) is 9.06. The van der Waals surface area contributed by atoms with Crippen molar-refractivity contribution in [1.82, 2.24) is 4.90 Å². The van der Waals surface area contributed by atoms with Crippen LogP contribution in [0.1, 0.15) is 59.6 Å². The van der Waals surface area contributed by atoms with Gasteiger partial charge in [0.1, 0.15) is 0 Å². The van der Waals surface area contributed by atoms with E-state index in [2.05, 4.69) is 77.6 Å². The second-order valence-corrected chi connectivity index (χ2v) is 8.96. The Morgan fingerprint density at radius 1 is 1.04 bits per heavy atom. The van der Waals surface area contributed by atoms with Crippen molar-refractivity contribution in [2.75, 3.05) is 26.2 Å². The molecule has 1 heterocycles. The maximum Gasteiger partial charge on any atom is 0.0820 e. The normalized spacial score (nSPS) is 24.9. The first-order valence-corrected chi connectivity index (χ1v) is 9.72. The Morgan fingerprint density at radius 3 is 2.08 bits per heavy atom. The van der Waals surface area contributed by atoms with Crippen molar-refractivity contribution in [1.29, 1.82) is 0 Å². The fourth-order valence-electron chi connectivity index (χ4n) is 3.94. The van der Waals surface area contributed by atoms with Gasteiger partial charge < -0.3 is 9.47 Å². The van der Waals surface area contributed by atoms with Crippen LogP contribution < -0.4 is 0 Å². The number of rotatable bonds is 6. The topological polar surface area (TPSA) is 21.7 Å². The van der Waals surface area contributed by atoms with Crippen LogP contribution in [0.4, 0.5) is 0 Å². The number of hydrogen-bond donors (Lipinski definition) is 0. The van der Waals surface area contributed by atoms with Crippen LogP contribution in [0.2, 0.25) is 0 Å². The monoisotopic (exact) mass is 347 g/mol. The summed E-state index contributed by atoms with van der Waals surface area (Å²) in [5.41, 5.74) is 2.75.